The van der Waals surface area contributed by atoms with Gasteiger partial charge >= 0.3 is 0 Å². The molecule has 100 valence electrons. The Bertz CT molecular complexity index is 399. The van der Waals surface area contributed by atoms with E-state index in [-0.39, 0.29) is 11.4 Å². The molecule has 1 aromatic rings. The lowest BCUT2D eigenvalue weighted by Gasteiger charge is -2.20. The van der Waals surface area contributed by atoms with E-state index in [4.69, 9.17) is 0 Å². The number of hydrogen-bond acceptors (Lipinski definition) is 2. The van der Waals surface area contributed by atoms with E-state index in [0.29, 0.717) is 19.5 Å². The first-order chi connectivity index (χ1) is 8.38. The van der Waals surface area contributed by atoms with Crippen LogP contribution in [0.1, 0.15) is 32.8 Å². The molecule has 0 saturated carbocycles. The molecule has 1 aromatic carbocycles. The highest BCUT2D eigenvalue weighted by Gasteiger charge is 2.09. The molecule has 0 fully saturated rings. The van der Waals surface area contributed by atoms with Crippen molar-refractivity contribution in [3.8, 4) is 0 Å². The van der Waals surface area contributed by atoms with Crippen LogP contribution in [0.5, 0.6) is 0 Å². The van der Waals surface area contributed by atoms with Gasteiger partial charge in [0.1, 0.15) is 0 Å². The molecule has 0 heterocycles. The van der Waals surface area contributed by atoms with Crippen LogP contribution in [0.15, 0.2) is 28.7 Å². The van der Waals surface area contributed by atoms with Gasteiger partial charge in [-0.3, -0.25) is 4.79 Å². The highest BCUT2D eigenvalue weighted by Crippen LogP contribution is 2.15. The standard InChI is InChI=1S/C14H21BrN2O/c1-14(2,3)17-9-8-13(18)16-10-11-6-4-5-7-12(11)15/h4-7,17H,8-10H2,1-3H3,(H,16,18). The lowest BCUT2D eigenvalue weighted by molar-refractivity contribution is -0.121. The molecular weight excluding hydrogens is 292 g/mol. The van der Waals surface area contributed by atoms with E-state index in [0.717, 1.165) is 10.0 Å². The number of halogens is 1. The highest BCUT2D eigenvalue weighted by molar-refractivity contribution is 9.10. The molecule has 4 heteroatoms. The number of carbonyl (C=O) groups excluding carboxylic acids is 1. The van der Waals surface area contributed by atoms with Gasteiger partial charge in [0.05, 0.1) is 0 Å². The number of benzene rings is 1. The van der Waals surface area contributed by atoms with E-state index < -0.39 is 0 Å². The summed E-state index contributed by atoms with van der Waals surface area (Å²) in [5.74, 6) is 0.0718. The summed E-state index contributed by atoms with van der Waals surface area (Å²) in [4.78, 5) is 11.6. The van der Waals surface area contributed by atoms with Crippen LogP contribution in [0.2, 0.25) is 0 Å². The zero-order chi connectivity index (χ0) is 13.6. The van der Waals surface area contributed by atoms with Gasteiger partial charge in [-0.25, -0.2) is 0 Å². The van der Waals surface area contributed by atoms with Gasteiger partial charge in [-0.15, -0.1) is 0 Å². The molecule has 0 aliphatic rings. The summed E-state index contributed by atoms with van der Waals surface area (Å²) in [7, 11) is 0. The van der Waals surface area contributed by atoms with Crippen molar-refractivity contribution < 1.29 is 4.79 Å². The highest BCUT2D eigenvalue weighted by atomic mass is 79.9. The van der Waals surface area contributed by atoms with Gasteiger partial charge in [0.2, 0.25) is 5.91 Å². The van der Waals surface area contributed by atoms with Crippen molar-refractivity contribution >= 4 is 21.8 Å². The van der Waals surface area contributed by atoms with E-state index in [1.54, 1.807) is 0 Å². The van der Waals surface area contributed by atoms with E-state index in [1.807, 2.05) is 24.3 Å². The lowest BCUT2D eigenvalue weighted by Crippen LogP contribution is -2.38. The molecule has 0 unspecified atom stereocenters. The summed E-state index contributed by atoms with van der Waals surface area (Å²) in [5.41, 5.74) is 1.15. The number of carbonyl (C=O) groups is 1. The zero-order valence-corrected chi connectivity index (χ0v) is 12.8. The largest absolute Gasteiger partial charge is 0.352 e. The Kier molecular flexibility index (Phi) is 5.82. The number of hydrogen-bond donors (Lipinski definition) is 2. The summed E-state index contributed by atoms with van der Waals surface area (Å²) in [6, 6.07) is 7.90. The van der Waals surface area contributed by atoms with Gasteiger partial charge in [-0.2, -0.15) is 0 Å². The van der Waals surface area contributed by atoms with Crippen molar-refractivity contribution in [2.24, 2.45) is 0 Å². The van der Waals surface area contributed by atoms with E-state index >= 15 is 0 Å². The molecule has 0 aliphatic heterocycles. The molecule has 18 heavy (non-hydrogen) atoms. The third kappa shape index (κ3) is 6.17. The van der Waals surface area contributed by atoms with Gasteiger partial charge < -0.3 is 10.6 Å². The maximum atomic E-state index is 11.6. The zero-order valence-electron chi connectivity index (χ0n) is 11.2. The quantitative estimate of drug-likeness (QED) is 0.878. The van der Waals surface area contributed by atoms with Crippen LogP contribution in [-0.2, 0) is 11.3 Å². The van der Waals surface area contributed by atoms with Crippen molar-refractivity contribution in [2.75, 3.05) is 6.54 Å². The summed E-state index contributed by atoms with van der Waals surface area (Å²) in [6.07, 6.45) is 0.502. The molecule has 0 aromatic heterocycles. The molecule has 0 bridgehead atoms. The van der Waals surface area contributed by atoms with Gasteiger partial charge in [-0.05, 0) is 32.4 Å². The van der Waals surface area contributed by atoms with Crippen LogP contribution in [0.25, 0.3) is 0 Å². The first kappa shape index (κ1) is 15.2. The minimum atomic E-state index is 0.0583. The molecule has 1 rings (SSSR count). The second kappa shape index (κ2) is 6.90. The number of nitrogens with one attached hydrogen (secondary N) is 2. The van der Waals surface area contributed by atoms with Crippen molar-refractivity contribution in [3.05, 3.63) is 34.3 Å². The van der Waals surface area contributed by atoms with Crippen LogP contribution in [0.4, 0.5) is 0 Å². The van der Waals surface area contributed by atoms with Crippen molar-refractivity contribution in [3.63, 3.8) is 0 Å². The number of amides is 1. The van der Waals surface area contributed by atoms with Crippen LogP contribution in [-0.4, -0.2) is 18.0 Å². The summed E-state index contributed by atoms with van der Waals surface area (Å²) < 4.78 is 1.03. The van der Waals surface area contributed by atoms with Crippen molar-refractivity contribution in [1.82, 2.24) is 10.6 Å². The van der Waals surface area contributed by atoms with Crippen LogP contribution >= 0.6 is 15.9 Å². The third-order valence-corrected chi connectivity index (χ3v) is 3.21. The lowest BCUT2D eigenvalue weighted by atomic mass is 10.1. The second-order valence-electron chi connectivity index (χ2n) is 5.29. The predicted octanol–water partition coefficient (Wildman–Crippen LogP) is 2.84. The fourth-order valence-corrected chi connectivity index (χ4v) is 1.90. The maximum Gasteiger partial charge on any atom is 0.221 e. The van der Waals surface area contributed by atoms with Crippen molar-refractivity contribution in [2.45, 2.75) is 39.3 Å². The predicted molar refractivity (Wildman–Crippen MR) is 78.4 cm³/mol. The topological polar surface area (TPSA) is 41.1 Å². The van der Waals surface area contributed by atoms with Crippen LogP contribution < -0.4 is 10.6 Å². The fourth-order valence-electron chi connectivity index (χ4n) is 1.47. The van der Waals surface area contributed by atoms with Gasteiger partial charge in [0, 0.05) is 29.5 Å². The molecule has 1 amide bonds. The fraction of sp³-hybridized carbons (Fsp3) is 0.500. The Morgan fingerprint density at radius 2 is 1.94 bits per heavy atom. The first-order valence-electron chi connectivity index (χ1n) is 6.13. The molecule has 0 radical (unpaired) electrons. The Morgan fingerprint density at radius 1 is 1.28 bits per heavy atom. The van der Waals surface area contributed by atoms with Crippen LogP contribution in [0.3, 0.4) is 0 Å². The Morgan fingerprint density at radius 3 is 2.56 bits per heavy atom. The van der Waals surface area contributed by atoms with Gasteiger partial charge in [0.15, 0.2) is 0 Å². The van der Waals surface area contributed by atoms with Crippen LogP contribution in [0, 0.1) is 0 Å². The maximum absolute atomic E-state index is 11.6. The third-order valence-electron chi connectivity index (χ3n) is 2.44. The SMILES string of the molecule is CC(C)(C)NCCC(=O)NCc1ccccc1Br. The molecule has 0 atom stereocenters. The number of rotatable bonds is 5. The minimum Gasteiger partial charge on any atom is -0.352 e. The second-order valence-corrected chi connectivity index (χ2v) is 6.15. The first-order valence-corrected chi connectivity index (χ1v) is 6.93. The summed E-state index contributed by atoms with van der Waals surface area (Å²) in [5, 5.41) is 6.21. The monoisotopic (exact) mass is 312 g/mol. The minimum absolute atomic E-state index is 0.0583. The smallest absolute Gasteiger partial charge is 0.221 e. The summed E-state index contributed by atoms with van der Waals surface area (Å²) in [6.45, 7) is 7.53. The van der Waals surface area contributed by atoms with E-state index in [2.05, 4.69) is 47.3 Å². The van der Waals surface area contributed by atoms with Crippen molar-refractivity contribution in [1.29, 1.82) is 0 Å². The average molecular weight is 313 g/mol. The normalized spacial score (nSPS) is 11.3. The van der Waals surface area contributed by atoms with Gasteiger partial charge in [0.25, 0.3) is 0 Å². The molecule has 0 aliphatic carbocycles. The molecule has 2 N–H and O–H groups in total. The van der Waals surface area contributed by atoms with Gasteiger partial charge in [-0.1, -0.05) is 34.1 Å². The Labute approximate surface area is 117 Å². The van der Waals surface area contributed by atoms with E-state index in [9.17, 15) is 4.79 Å². The summed E-state index contributed by atoms with van der Waals surface area (Å²) >= 11 is 3.46. The average Bonchev–Trinajstić information content (AvgIpc) is 2.26. The molecule has 0 spiro atoms. The Hall–Kier alpha value is -0.870. The van der Waals surface area contributed by atoms with E-state index in [1.165, 1.54) is 0 Å². The Balaban J connectivity index is 2.28. The molecular formula is C14H21BrN2O. The molecule has 0 saturated heterocycles. The molecule has 3 nitrogen and oxygen atoms in total.